The molecule has 0 saturated carbocycles. The Morgan fingerprint density at radius 1 is 1.12 bits per heavy atom. The van der Waals surface area contributed by atoms with Crippen LogP contribution in [-0.2, 0) is 0 Å². The Kier molecular flexibility index (Phi) is 3.73. The average molecular weight is 350 g/mol. The highest BCUT2D eigenvalue weighted by Gasteiger charge is 2.19. The zero-order valence-electron chi connectivity index (χ0n) is 13.8. The van der Waals surface area contributed by atoms with Crippen molar-refractivity contribution in [3.05, 3.63) is 70.5 Å². The Balaban J connectivity index is 1.96. The molecule has 124 valence electrons. The predicted molar refractivity (Wildman–Crippen MR) is 98.8 cm³/mol. The van der Waals surface area contributed by atoms with Gasteiger partial charge in [-0.3, -0.25) is 9.20 Å². The number of benzene rings is 2. The van der Waals surface area contributed by atoms with Gasteiger partial charge in [0.1, 0.15) is 17.2 Å². The van der Waals surface area contributed by atoms with Crippen LogP contribution >= 0.6 is 11.3 Å². The lowest BCUT2D eigenvalue weighted by Crippen LogP contribution is -1.95. The number of hydrogen-bond donors (Lipinski definition) is 0. The molecule has 0 bridgehead atoms. The van der Waals surface area contributed by atoms with E-state index in [0.29, 0.717) is 11.4 Å². The van der Waals surface area contributed by atoms with Crippen molar-refractivity contribution in [3.8, 4) is 22.5 Å². The molecule has 0 atom stereocenters. The minimum absolute atomic E-state index is 0.285. The van der Waals surface area contributed by atoms with E-state index in [1.165, 1.54) is 29.0 Å². The van der Waals surface area contributed by atoms with Gasteiger partial charge in [-0.05, 0) is 49.2 Å². The van der Waals surface area contributed by atoms with Gasteiger partial charge >= 0.3 is 0 Å². The molecular weight excluding hydrogens is 335 g/mol. The topological polar surface area (TPSA) is 34.4 Å². The number of imidazole rings is 1. The van der Waals surface area contributed by atoms with E-state index < -0.39 is 0 Å². The van der Waals surface area contributed by atoms with Crippen LogP contribution in [0.5, 0.6) is 0 Å². The standard InChI is InChI=1S/C20H15FN2OS/c1-12-3-8-16(13(2)9-12)19-17(10-24)23-18(11-25-20(23)22-19)14-4-6-15(21)7-5-14/h3-11H,1-2H3. The van der Waals surface area contributed by atoms with Crippen molar-refractivity contribution in [2.24, 2.45) is 0 Å². The van der Waals surface area contributed by atoms with Gasteiger partial charge in [-0.15, -0.1) is 11.3 Å². The second-order valence-electron chi connectivity index (χ2n) is 6.03. The number of aryl methyl sites for hydroxylation is 2. The first-order valence-corrected chi connectivity index (χ1v) is 8.75. The third-order valence-electron chi connectivity index (χ3n) is 4.29. The fourth-order valence-corrected chi connectivity index (χ4v) is 3.99. The molecule has 0 saturated heterocycles. The van der Waals surface area contributed by atoms with Gasteiger partial charge in [-0.25, -0.2) is 9.37 Å². The van der Waals surface area contributed by atoms with Crippen molar-refractivity contribution in [1.29, 1.82) is 0 Å². The molecule has 25 heavy (non-hydrogen) atoms. The molecule has 3 nitrogen and oxygen atoms in total. The molecule has 5 heteroatoms. The number of nitrogens with zero attached hydrogens (tertiary/aromatic N) is 2. The summed E-state index contributed by atoms with van der Waals surface area (Å²) in [5.41, 5.74) is 6.09. The van der Waals surface area contributed by atoms with Crippen molar-refractivity contribution in [1.82, 2.24) is 9.38 Å². The summed E-state index contributed by atoms with van der Waals surface area (Å²) in [5.74, 6) is -0.285. The minimum atomic E-state index is -0.285. The first-order chi connectivity index (χ1) is 12.1. The molecule has 0 N–H and O–H groups in total. The molecule has 0 amide bonds. The van der Waals surface area contributed by atoms with Gasteiger partial charge in [0.15, 0.2) is 11.2 Å². The molecule has 0 radical (unpaired) electrons. The van der Waals surface area contributed by atoms with Gasteiger partial charge in [-0.2, -0.15) is 0 Å². The van der Waals surface area contributed by atoms with Gasteiger partial charge in [0.05, 0.1) is 5.69 Å². The summed E-state index contributed by atoms with van der Waals surface area (Å²) in [5, 5.41) is 1.94. The lowest BCUT2D eigenvalue weighted by molar-refractivity contribution is 0.111. The molecule has 4 rings (SSSR count). The van der Waals surface area contributed by atoms with Gasteiger partial charge in [0.2, 0.25) is 0 Å². The molecule has 4 aromatic rings. The van der Waals surface area contributed by atoms with E-state index in [9.17, 15) is 9.18 Å². The number of fused-ring (bicyclic) bond motifs is 1. The molecule has 2 aromatic carbocycles. The van der Waals surface area contributed by atoms with Crippen molar-refractivity contribution >= 4 is 22.6 Å². The van der Waals surface area contributed by atoms with Crippen molar-refractivity contribution < 1.29 is 9.18 Å². The largest absolute Gasteiger partial charge is 0.296 e. The Bertz CT molecular complexity index is 1090. The van der Waals surface area contributed by atoms with Crippen LogP contribution in [0.1, 0.15) is 21.6 Å². The van der Waals surface area contributed by atoms with Crippen LogP contribution in [0.3, 0.4) is 0 Å². The van der Waals surface area contributed by atoms with Crippen molar-refractivity contribution in [2.45, 2.75) is 13.8 Å². The summed E-state index contributed by atoms with van der Waals surface area (Å²) in [4.78, 5) is 17.3. The molecule has 0 fully saturated rings. The molecule has 0 spiro atoms. The summed E-state index contributed by atoms with van der Waals surface area (Å²) in [7, 11) is 0. The molecule has 0 aliphatic rings. The molecule has 2 aromatic heterocycles. The summed E-state index contributed by atoms with van der Waals surface area (Å²) in [6.45, 7) is 4.06. The maximum atomic E-state index is 13.2. The van der Waals surface area contributed by atoms with Gasteiger partial charge in [-0.1, -0.05) is 23.8 Å². The number of hydrogen-bond acceptors (Lipinski definition) is 3. The fourth-order valence-electron chi connectivity index (χ4n) is 3.09. The van der Waals surface area contributed by atoms with E-state index in [1.54, 1.807) is 12.1 Å². The highest BCUT2D eigenvalue weighted by molar-refractivity contribution is 7.15. The zero-order valence-corrected chi connectivity index (χ0v) is 14.6. The first-order valence-electron chi connectivity index (χ1n) is 7.87. The molecule has 0 unspecified atom stereocenters. The average Bonchev–Trinajstić information content (AvgIpc) is 3.14. The Hall–Kier alpha value is -2.79. The fraction of sp³-hybridized carbons (Fsp3) is 0.100. The summed E-state index contributed by atoms with van der Waals surface area (Å²) >= 11 is 1.47. The third-order valence-corrected chi connectivity index (χ3v) is 5.11. The van der Waals surface area contributed by atoms with Crippen LogP contribution in [0.2, 0.25) is 0 Å². The van der Waals surface area contributed by atoms with Crippen LogP contribution in [0, 0.1) is 19.7 Å². The Morgan fingerprint density at radius 3 is 2.56 bits per heavy atom. The number of aromatic nitrogens is 2. The number of aldehydes is 1. The van der Waals surface area contributed by atoms with E-state index in [4.69, 9.17) is 0 Å². The maximum Gasteiger partial charge on any atom is 0.195 e. The lowest BCUT2D eigenvalue weighted by Gasteiger charge is -2.06. The van der Waals surface area contributed by atoms with Crippen LogP contribution in [0.15, 0.2) is 47.8 Å². The molecule has 0 aliphatic heterocycles. The first kappa shape index (κ1) is 15.7. The smallest absolute Gasteiger partial charge is 0.195 e. The van der Waals surface area contributed by atoms with E-state index in [0.717, 1.165) is 33.6 Å². The molecular formula is C20H15FN2OS. The van der Waals surface area contributed by atoms with E-state index >= 15 is 0 Å². The molecule has 0 aliphatic carbocycles. The summed E-state index contributed by atoms with van der Waals surface area (Å²) < 4.78 is 15.1. The predicted octanol–water partition coefficient (Wildman–Crippen LogP) is 5.30. The minimum Gasteiger partial charge on any atom is -0.296 e. The number of carbonyl (C=O) groups excluding carboxylic acids is 1. The van der Waals surface area contributed by atoms with Crippen molar-refractivity contribution in [3.63, 3.8) is 0 Å². The monoisotopic (exact) mass is 350 g/mol. The second-order valence-corrected chi connectivity index (χ2v) is 6.86. The lowest BCUT2D eigenvalue weighted by atomic mass is 10.0. The highest BCUT2D eigenvalue weighted by Crippen LogP contribution is 2.33. The van der Waals surface area contributed by atoms with Gasteiger partial charge < -0.3 is 0 Å². The zero-order chi connectivity index (χ0) is 17.6. The number of carbonyl (C=O) groups is 1. The number of halogens is 1. The Labute approximate surface area is 148 Å². The van der Waals surface area contributed by atoms with Crippen LogP contribution in [0.25, 0.3) is 27.5 Å². The number of rotatable bonds is 3. The summed E-state index contributed by atoms with van der Waals surface area (Å²) in [6, 6.07) is 12.4. The second kappa shape index (κ2) is 5.93. The van der Waals surface area contributed by atoms with Crippen LogP contribution < -0.4 is 0 Å². The molecule has 2 heterocycles. The quantitative estimate of drug-likeness (QED) is 0.470. The van der Waals surface area contributed by atoms with E-state index in [-0.39, 0.29) is 5.82 Å². The van der Waals surface area contributed by atoms with E-state index in [2.05, 4.69) is 11.1 Å². The Morgan fingerprint density at radius 2 is 1.88 bits per heavy atom. The highest BCUT2D eigenvalue weighted by atomic mass is 32.1. The van der Waals surface area contributed by atoms with Crippen LogP contribution in [-0.4, -0.2) is 15.7 Å². The summed E-state index contributed by atoms with van der Waals surface area (Å²) in [6.07, 6.45) is 0.842. The van der Waals surface area contributed by atoms with Gasteiger partial charge in [0.25, 0.3) is 0 Å². The third kappa shape index (κ3) is 2.57. The number of thiazole rings is 1. The van der Waals surface area contributed by atoms with E-state index in [1.807, 2.05) is 35.8 Å². The van der Waals surface area contributed by atoms with Crippen LogP contribution in [0.4, 0.5) is 4.39 Å². The normalized spacial score (nSPS) is 11.2. The van der Waals surface area contributed by atoms with Gasteiger partial charge in [0, 0.05) is 10.9 Å². The van der Waals surface area contributed by atoms with Crippen molar-refractivity contribution in [2.75, 3.05) is 0 Å². The SMILES string of the molecule is Cc1ccc(-c2nc3scc(-c4ccc(F)cc4)n3c2C=O)c(C)c1. The maximum absolute atomic E-state index is 13.2.